The third-order valence-electron chi connectivity index (χ3n) is 1.64. The van der Waals surface area contributed by atoms with E-state index in [0.29, 0.717) is 11.1 Å². The maximum Gasteiger partial charge on any atom is 0.231 e. The molecule has 0 heterocycles. The maximum atomic E-state index is 12.5. The molecule has 1 aromatic rings. The normalized spacial score (nSPS) is 12.9. The Morgan fingerprint density at radius 2 is 1.86 bits per heavy atom. The molecule has 0 aliphatic heterocycles. The summed E-state index contributed by atoms with van der Waals surface area (Å²) in [5.74, 6) is -0.364. The molecule has 0 radical (unpaired) electrons. The number of primary sulfonamides is 1. The molecular weight excluding hydrogens is 205 g/mol. The summed E-state index contributed by atoms with van der Waals surface area (Å²) < 4.78 is 33.9. The number of sulfonamides is 1. The molecule has 1 aromatic carbocycles. The molecule has 0 saturated heterocycles. The van der Waals surface area contributed by atoms with Crippen LogP contribution in [0, 0.1) is 5.82 Å². The van der Waals surface area contributed by atoms with Crippen LogP contribution in [-0.2, 0) is 10.0 Å². The molecule has 14 heavy (non-hydrogen) atoms. The van der Waals surface area contributed by atoms with E-state index >= 15 is 0 Å². The second-order valence-electron chi connectivity index (χ2n) is 2.90. The fourth-order valence-electron chi connectivity index (χ4n) is 1.03. The van der Waals surface area contributed by atoms with Gasteiger partial charge in [0.25, 0.3) is 0 Å². The van der Waals surface area contributed by atoms with E-state index < -0.39 is 10.0 Å². The summed E-state index contributed by atoms with van der Waals surface area (Å²) in [4.78, 5) is 0. The third-order valence-corrected chi connectivity index (χ3v) is 2.32. The van der Waals surface area contributed by atoms with Crippen molar-refractivity contribution in [3.63, 3.8) is 0 Å². The Kier molecular flexibility index (Phi) is 3.03. The summed E-state index contributed by atoms with van der Waals surface area (Å²) in [5, 5.41) is 5.77. The predicted octanol–water partition coefficient (Wildman–Crippen LogP) is 1.48. The van der Waals surface area contributed by atoms with Gasteiger partial charge in [0.15, 0.2) is 0 Å². The first-order chi connectivity index (χ1) is 6.38. The minimum atomic E-state index is -3.64. The van der Waals surface area contributed by atoms with Crippen molar-refractivity contribution in [2.24, 2.45) is 5.14 Å². The van der Waals surface area contributed by atoms with Crippen LogP contribution in [0.15, 0.2) is 29.7 Å². The van der Waals surface area contributed by atoms with E-state index in [1.165, 1.54) is 24.3 Å². The average Bonchev–Trinajstić information content (AvgIpc) is 2.02. The molecule has 0 fully saturated rings. The lowest BCUT2D eigenvalue weighted by Crippen LogP contribution is -2.07. The molecule has 0 unspecified atom stereocenters. The summed E-state index contributed by atoms with van der Waals surface area (Å²) in [6.45, 7) is 1.59. The van der Waals surface area contributed by atoms with Crippen molar-refractivity contribution in [2.75, 3.05) is 0 Å². The highest BCUT2D eigenvalue weighted by Crippen LogP contribution is 2.14. The zero-order chi connectivity index (χ0) is 10.8. The lowest BCUT2D eigenvalue weighted by Gasteiger charge is -1.99. The molecule has 0 saturated carbocycles. The van der Waals surface area contributed by atoms with Gasteiger partial charge in [-0.25, -0.2) is 17.9 Å². The highest BCUT2D eigenvalue weighted by Gasteiger charge is 2.01. The van der Waals surface area contributed by atoms with Gasteiger partial charge in [-0.1, -0.05) is 12.1 Å². The number of rotatable bonds is 2. The van der Waals surface area contributed by atoms with Crippen molar-refractivity contribution >= 4 is 15.6 Å². The van der Waals surface area contributed by atoms with E-state index in [1.807, 2.05) is 0 Å². The molecule has 76 valence electrons. The minimum absolute atomic E-state index is 0.364. The molecule has 5 heteroatoms. The Hall–Kier alpha value is -1.20. The van der Waals surface area contributed by atoms with Crippen molar-refractivity contribution < 1.29 is 12.8 Å². The fraction of sp³-hybridized carbons (Fsp3) is 0.111. The van der Waals surface area contributed by atoms with Crippen LogP contribution in [0.5, 0.6) is 0 Å². The number of hydrogen-bond donors (Lipinski definition) is 1. The summed E-state index contributed by atoms with van der Waals surface area (Å²) >= 11 is 0. The van der Waals surface area contributed by atoms with E-state index in [4.69, 9.17) is 5.14 Å². The number of benzene rings is 1. The van der Waals surface area contributed by atoms with Crippen molar-refractivity contribution in [3.8, 4) is 0 Å². The Morgan fingerprint density at radius 1 is 1.36 bits per heavy atom. The summed E-state index contributed by atoms with van der Waals surface area (Å²) in [6.07, 6.45) is 0. The quantitative estimate of drug-likeness (QED) is 0.812. The molecule has 0 bridgehead atoms. The standard InChI is InChI=1S/C9H10FNO2S/c1-7(6-14(11,12)13)8-2-4-9(10)5-3-8/h2-6H,1H3,(H2,11,12,13). The topological polar surface area (TPSA) is 60.2 Å². The Bertz CT molecular complexity index is 448. The van der Waals surface area contributed by atoms with Crippen LogP contribution in [0.3, 0.4) is 0 Å². The van der Waals surface area contributed by atoms with Crippen molar-refractivity contribution in [3.05, 3.63) is 41.1 Å². The van der Waals surface area contributed by atoms with Gasteiger partial charge in [0.1, 0.15) is 5.82 Å². The molecule has 0 spiro atoms. The third kappa shape index (κ3) is 3.27. The SMILES string of the molecule is CC(=CS(N)(=O)=O)c1ccc(F)cc1. The molecule has 2 N–H and O–H groups in total. The van der Waals surface area contributed by atoms with Gasteiger partial charge in [-0.15, -0.1) is 0 Å². The Labute approximate surface area is 82.1 Å². The van der Waals surface area contributed by atoms with Gasteiger partial charge in [0.05, 0.1) is 0 Å². The van der Waals surface area contributed by atoms with Gasteiger partial charge in [-0.2, -0.15) is 0 Å². The van der Waals surface area contributed by atoms with Crippen LogP contribution in [-0.4, -0.2) is 8.42 Å². The molecule has 0 atom stereocenters. The van der Waals surface area contributed by atoms with E-state index in [-0.39, 0.29) is 5.82 Å². The summed E-state index contributed by atoms with van der Waals surface area (Å²) in [7, 11) is -3.64. The van der Waals surface area contributed by atoms with Crippen LogP contribution >= 0.6 is 0 Å². The van der Waals surface area contributed by atoms with E-state index in [9.17, 15) is 12.8 Å². The molecule has 1 rings (SSSR count). The van der Waals surface area contributed by atoms with Gasteiger partial charge in [-0.3, -0.25) is 0 Å². The largest absolute Gasteiger partial charge is 0.231 e. The van der Waals surface area contributed by atoms with E-state index in [1.54, 1.807) is 6.92 Å². The second kappa shape index (κ2) is 3.89. The predicted molar refractivity (Wildman–Crippen MR) is 53.2 cm³/mol. The zero-order valence-electron chi connectivity index (χ0n) is 7.57. The first-order valence-corrected chi connectivity index (χ1v) is 5.46. The molecule has 0 aliphatic carbocycles. The number of halogens is 1. The van der Waals surface area contributed by atoms with Gasteiger partial charge in [0, 0.05) is 5.41 Å². The van der Waals surface area contributed by atoms with Crippen LogP contribution in [0.1, 0.15) is 12.5 Å². The number of hydrogen-bond acceptors (Lipinski definition) is 2. The first-order valence-electron chi connectivity index (χ1n) is 3.85. The Morgan fingerprint density at radius 3 is 2.29 bits per heavy atom. The summed E-state index contributed by atoms with van der Waals surface area (Å²) in [6, 6.07) is 5.50. The molecular formula is C9H10FNO2S. The highest BCUT2D eigenvalue weighted by atomic mass is 32.2. The van der Waals surface area contributed by atoms with Crippen LogP contribution in [0.2, 0.25) is 0 Å². The fourth-order valence-corrected chi connectivity index (χ4v) is 1.66. The molecule has 0 amide bonds. The summed E-state index contributed by atoms with van der Waals surface area (Å²) in [5.41, 5.74) is 1.10. The van der Waals surface area contributed by atoms with Crippen LogP contribution < -0.4 is 5.14 Å². The minimum Gasteiger partial charge on any atom is -0.225 e. The van der Waals surface area contributed by atoms with Gasteiger partial charge in [-0.05, 0) is 30.2 Å². The average molecular weight is 215 g/mol. The van der Waals surface area contributed by atoms with Crippen molar-refractivity contribution in [2.45, 2.75) is 6.92 Å². The van der Waals surface area contributed by atoms with Crippen molar-refractivity contribution in [1.82, 2.24) is 0 Å². The van der Waals surface area contributed by atoms with Gasteiger partial charge in [0.2, 0.25) is 10.0 Å². The van der Waals surface area contributed by atoms with E-state index in [2.05, 4.69) is 0 Å². The first kappa shape index (κ1) is 10.9. The monoisotopic (exact) mass is 215 g/mol. The van der Waals surface area contributed by atoms with Gasteiger partial charge < -0.3 is 0 Å². The van der Waals surface area contributed by atoms with Crippen LogP contribution in [0.4, 0.5) is 4.39 Å². The number of nitrogens with two attached hydrogens (primary N) is 1. The highest BCUT2D eigenvalue weighted by molar-refractivity contribution is 7.92. The molecule has 0 aliphatic rings. The maximum absolute atomic E-state index is 12.5. The number of allylic oxidation sites excluding steroid dienone is 1. The van der Waals surface area contributed by atoms with E-state index in [0.717, 1.165) is 5.41 Å². The van der Waals surface area contributed by atoms with Gasteiger partial charge >= 0.3 is 0 Å². The molecule has 3 nitrogen and oxygen atoms in total. The van der Waals surface area contributed by atoms with Crippen molar-refractivity contribution in [1.29, 1.82) is 0 Å². The van der Waals surface area contributed by atoms with Crippen LogP contribution in [0.25, 0.3) is 5.57 Å². The smallest absolute Gasteiger partial charge is 0.225 e. The zero-order valence-corrected chi connectivity index (χ0v) is 8.38. The Balaban J connectivity index is 3.07. The second-order valence-corrected chi connectivity index (χ2v) is 4.31. The lowest BCUT2D eigenvalue weighted by atomic mass is 10.1. The lowest BCUT2D eigenvalue weighted by molar-refractivity contribution is 0.606. The molecule has 0 aromatic heterocycles.